The smallest absolute Gasteiger partial charge is 0.303 e. The maximum Gasteiger partial charge on any atom is 0.303 e. The molecular weight excluding hydrogens is 274 g/mol. The molecule has 1 atom stereocenters. The van der Waals surface area contributed by atoms with E-state index in [1.54, 1.807) is 0 Å². The number of nitrogens with zero attached hydrogens (tertiary/aromatic N) is 1. The summed E-state index contributed by atoms with van der Waals surface area (Å²) in [5.74, 6) is -0.720. The molecule has 1 N–H and O–H groups in total. The van der Waals surface area contributed by atoms with E-state index in [1.165, 1.54) is 11.1 Å². The Morgan fingerprint density at radius 2 is 1.50 bits per heavy atom. The summed E-state index contributed by atoms with van der Waals surface area (Å²) in [6.45, 7) is 2.88. The third-order valence-corrected chi connectivity index (χ3v) is 3.75. The molecule has 0 aromatic heterocycles. The summed E-state index contributed by atoms with van der Waals surface area (Å²) in [6.07, 6.45) is 0.165. The SMILES string of the molecule is CC(CC(=O)O)c1ccc(-c2ccc(CN(C)C)cc2)cc1. The summed E-state index contributed by atoms with van der Waals surface area (Å²) in [5, 5.41) is 8.86. The number of rotatable bonds is 6. The molecule has 0 aliphatic rings. The molecule has 1 unspecified atom stereocenters. The summed E-state index contributed by atoms with van der Waals surface area (Å²) < 4.78 is 0. The highest BCUT2D eigenvalue weighted by atomic mass is 16.4. The van der Waals surface area contributed by atoms with Crippen LogP contribution in [0.5, 0.6) is 0 Å². The Hall–Kier alpha value is -2.13. The van der Waals surface area contributed by atoms with Crippen LogP contribution in [0.4, 0.5) is 0 Å². The first-order valence-electron chi connectivity index (χ1n) is 7.51. The first-order chi connectivity index (χ1) is 10.5. The molecule has 2 aromatic carbocycles. The van der Waals surface area contributed by atoms with Gasteiger partial charge < -0.3 is 10.0 Å². The van der Waals surface area contributed by atoms with Crippen LogP contribution in [0, 0.1) is 0 Å². The highest BCUT2D eigenvalue weighted by Crippen LogP contribution is 2.24. The number of hydrogen-bond donors (Lipinski definition) is 1. The van der Waals surface area contributed by atoms with Crippen molar-refractivity contribution in [1.29, 1.82) is 0 Å². The van der Waals surface area contributed by atoms with Crippen LogP contribution in [-0.4, -0.2) is 30.1 Å². The van der Waals surface area contributed by atoms with E-state index in [0.717, 1.165) is 17.7 Å². The summed E-state index contributed by atoms with van der Waals surface area (Å²) in [5.41, 5.74) is 4.69. The summed E-state index contributed by atoms with van der Waals surface area (Å²) in [4.78, 5) is 12.9. The van der Waals surface area contributed by atoms with Crippen LogP contribution in [0.3, 0.4) is 0 Å². The number of carboxylic acids is 1. The predicted octanol–water partition coefficient (Wildman–Crippen LogP) is 3.99. The Kier molecular flexibility index (Phi) is 5.34. The second kappa shape index (κ2) is 7.23. The average molecular weight is 297 g/mol. The van der Waals surface area contributed by atoms with Crippen molar-refractivity contribution in [2.75, 3.05) is 14.1 Å². The lowest BCUT2D eigenvalue weighted by Gasteiger charge is -2.12. The van der Waals surface area contributed by atoms with Crippen molar-refractivity contribution in [3.05, 3.63) is 59.7 Å². The lowest BCUT2D eigenvalue weighted by molar-refractivity contribution is -0.137. The summed E-state index contributed by atoms with van der Waals surface area (Å²) in [6, 6.07) is 16.7. The zero-order valence-electron chi connectivity index (χ0n) is 13.4. The Balaban J connectivity index is 2.11. The van der Waals surface area contributed by atoms with Gasteiger partial charge in [-0.15, -0.1) is 0 Å². The van der Waals surface area contributed by atoms with E-state index < -0.39 is 5.97 Å². The fraction of sp³-hybridized carbons (Fsp3) is 0.316. The monoisotopic (exact) mass is 297 g/mol. The molecule has 3 nitrogen and oxygen atoms in total. The van der Waals surface area contributed by atoms with E-state index >= 15 is 0 Å². The largest absolute Gasteiger partial charge is 0.481 e. The maximum absolute atomic E-state index is 10.8. The molecule has 0 bridgehead atoms. The van der Waals surface area contributed by atoms with E-state index in [0.29, 0.717) is 0 Å². The van der Waals surface area contributed by atoms with Gasteiger partial charge in [0.2, 0.25) is 0 Å². The zero-order valence-corrected chi connectivity index (χ0v) is 13.4. The molecule has 0 aliphatic heterocycles. The van der Waals surface area contributed by atoms with Crippen LogP contribution < -0.4 is 0 Å². The molecule has 2 rings (SSSR count). The van der Waals surface area contributed by atoms with Gasteiger partial charge in [0.25, 0.3) is 0 Å². The predicted molar refractivity (Wildman–Crippen MR) is 89.9 cm³/mol. The standard InChI is InChI=1S/C19H23NO2/c1-14(12-19(21)22)16-8-10-18(11-9-16)17-6-4-15(5-7-17)13-20(2)3/h4-11,14H,12-13H2,1-3H3,(H,21,22). The number of benzene rings is 2. The number of aliphatic carboxylic acids is 1. The van der Waals surface area contributed by atoms with Gasteiger partial charge in [0.05, 0.1) is 6.42 Å². The van der Waals surface area contributed by atoms with Crippen LogP contribution >= 0.6 is 0 Å². The van der Waals surface area contributed by atoms with Gasteiger partial charge in [0.15, 0.2) is 0 Å². The van der Waals surface area contributed by atoms with Crippen LogP contribution in [0.25, 0.3) is 11.1 Å². The quantitative estimate of drug-likeness (QED) is 0.876. The first kappa shape index (κ1) is 16.2. The molecule has 116 valence electrons. The maximum atomic E-state index is 10.8. The Morgan fingerprint density at radius 3 is 1.95 bits per heavy atom. The topological polar surface area (TPSA) is 40.5 Å². The number of carbonyl (C=O) groups is 1. The average Bonchev–Trinajstić information content (AvgIpc) is 2.47. The molecule has 0 aliphatic carbocycles. The van der Waals surface area contributed by atoms with E-state index in [4.69, 9.17) is 5.11 Å². The molecule has 3 heteroatoms. The second-order valence-electron chi connectivity index (χ2n) is 6.06. The Morgan fingerprint density at radius 1 is 1.00 bits per heavy atom. The molecule has 0 heterocycles. The lowest BCUT2D eigenvalue weighted by atomic mass is 9.95. The minimum atomic E-state index is -0.756. The fourth-order valence-corrected chi connectivity index (χ4v) is 2.55. The molecule has 0 spiro atoms. The van der Waals surface area contributed by atoms with Crippen LogP contribution in [-0.2, 0) is 11.3 Å². The van der Waals surface area contributed by atoms with Crippen molar-refractivity contribution >= 4 is 5.97 Å². The number of hydrogen-bond acceptors (Lipinski definition) is 2. The molecule has 0 saturated heterocycles. The Labute approximate surface area is 132 Å². The van der Waals surface area contributed by atoms with Crippen molar-refractivity contribution in [3.8, 4) is 11.1 Å². The van der Waals surface area contributed by atoms with Crippen LogP contribution in [0.15, 0.2) is 48.5 Å². The van der Waals surface area contributed by atoms with Gasteiger partial charge in [-0.3, -0.25) is 4.79 Å². The lowest BCUT2D eigenvalue weighted by Crippen LogP contribution is -2.10. The second-order valence-corrected chi connectivity index (χ2v) is 6.06. The highest BCUT2D eigenvalue weighted by Gasteiger charge is 2.10. The van der Waals surface area contributed by atoms with E-state index in [1.807, 2.05) is 19.1 Å². The highest BCUT2D eigenvalue weighted by molar-refractivity contribution is 5.68. The minimum Gasteiger partial charge on any atom is -0.481 e. The van der Waals surface area contributed by atoms with Crippen molar-refractivity contribution < 1.29 is 9.90 Å². The van der Waals surface area contributed by atoms with Crippen molar-refractivity contribution in [2.45, 2.75) is 25.8 Å². The van der Waals surface area contributed by atoms with Gasteiger partial charge in [-0.25, -0.2) is 0 Å². The zero-order chi connectivity index (χ0) is 16.1. The van der Waals surface area contributed by atoms with Gasteiger partial charge in [0, 0.05) is 6.54 Å². The van der Waals surface area contributed by atoms with E-state index in [-0.39, 0.29) is 12.3 Å². The van der Waals surface area contributed by atoms with Crippen molar-refractivity contribution in [3.63, 3.8) is 0 Å². The van der Waals surface area contributed by atoms with Gasteiger partial charge in [-0.1, -0.05) is 55.5 Å². The molecular formula is C19H23NO2. The Bertz CT molecular complexity index is 615. The van der Waals surface area contributed by atoms with Gasteiger partial charge >= 0.3 is 5.97 Å². The summed E-state index contributed by atoms with van der Waals surface area (Å²) in [7, 11) is 4.12. The fourth-order valence-electron chi connectivity index (χ4n) is 2.55. The van der Waals surface area contributed by atoms with E-state index in [2.05, 4.69) is 55.4 Å². The molecule has 0 fully saturated rings. The molecule has 0 saturated carbocycles. The molecule has 0 amide bonds. The van der Waals surface area contributed by atoms with E-state index in [9.17, 15) is 4.79 Å². The van der Waals surface area contributed by atoms with Gasteiger partial charge in [-0.05, 0) is 42.3 Å². The van der Waals surface area contributed by atoms with Crippen molar-refractivity contribution in [1.82, 2.24) is 4.90 Å². The third kappa shape index (κ3) is 4.43. The molecule has 0 radical (unpaired) electrons. The van der Waals surface area contributed by atoms with Crippen LogP contribution in [0.1, 0.15) is 30.4 Å². The normalized spacial score (nSPS) is 12.4. The first-order valence-corrected chi connectivity index (χ1v) is 7.51. The summed E-state index contributed by atoms with van der Waals surface area (Å²) >= 11 is 0. The van der Waals surface area contributed by atoms with Gasteiger partial charge in [-0.2, -0.15) is 0 Å². The third-order valence-electron chi connectivity index (χ3n) is 3.75. The van der Waals surface area contributed by atoms with Crippen molar-refractivity contribution in [2.24, 2.45) is 0 Å². The number of carboxylic acid groups (broad SMARTS) is 1. The minimum absolute atomic E-state index is 0.0361. The van der Waals surface area contributed by atoms with Crippen LogP contribution in [0.2, 0.25) is 0 Å². The molecule has 2 aromatic rings. The van der Waals surface area contributed by atoms with Gasteiger partial charge in [0.1, 0.15) is 0 Å². The molecule has 22 heavy (non-hydrogen) atoms.